The molecule has 0 aliphatic carbocycles. The van der Waals surface area contributed by atoms with Crippen molar-refractivity contribution in [3.8, 4) is 10.7 Å². The smallest absolute Gasteiger partial charge is 0.178 e. The first-order valence-electron chi connectivity index (χ1n) is 5.15. The molecule has 0 amide bonds. The zero-order valence-corrected chi connectivity index (χ0v) is 9.91. The first-order chi connectivity index (χ1) is 8.25. The van der Waals surface area contributed by atoms with Crippen LogP contribution in [0.5, 0.6) is 0 Å². The molecular weight excluding hydrogens is 234 g/mol. The number of hydrogen-bond acceptors (Lipinski definition) is 4. The number of fused-ring (bicyclic) bond motifs is 1. The molecule has 1 N–H and O–H groups in total. The number of imidazole rings is 1. The summed E-state index contributed by atoms with van der Waals surface area (Å²) in [6.45, 7) is 1.54. The van der Waals surface area contributed by atoms with Gasteiger partial charge in [-0.2, -0.15) is 0 Å². The molecule has 0 fully saturated rings. The number of aromatic nitrogens is 3. The molecule has 0 atom stereocenters. The van der Waals surface area contributed by atoms with E-state index in [0.29, 0.717) is 16.7 Å². The Morgan fingerprint density at radius 2 is 2.29 bits per heavy atom. The summed E-state index contributed by atoms with van der Waals surface area (Å²) >= 11 is 1.60. The normalized spacial score (nSPS) is 10.9. The maximum Gasteiger partial charge on any atom is 0.178 e. The van der Waals surface area contributed by atoms with Gasteiger partial charge in [-0.05, 0) is 24.4 Å². The Balaban J connectivity index is 2.26. The van der Waals surface area contributed by atoms with E-state index < -0.39 is 0 Å². The predicted molar refractivity (Wildman–Crippen MR) is 67.2 cm³/mol. The number of pyridine rings is 1. The molecule has 3 heterocycles. The minimum absolute atomic E-state index is 0.0128. The second kappa shape index (κ2) is 3.78. The first kappa shape index (κ1) is 10.2. The lowest BCUT2D eigenvalue weighted by Crippen LogP contribution is -1.94. The summed E-state index contributed by atoms with van der Waals surface area (Å²) in [6.07, 6.45) is 1.61. The van der Waals surface area contributed by atoms with Gasteiger partial charge in [0.05, 0.1) is 10.4 Å². The second-order valence-corrected chi connectivity index (χ2v) is 4.62. The number of nitrogens with one attached hydrogen (secondary N) is 1. The standard InChI is InChI=1S/C12H9N3OS/c1-7(16)8-4-5-13-12-10(8)14-11(15-12)9-3-2-6-17-9/h2-6H,1H3,(H,13,14,15). The van der Waals surface area contributed by atoms with Crippen LogP contribution < -0.4 is 0 Å². The number of H-pyrrole nitrogens is 1. The first-order valence-corrected chi connectivity index (χ1v) is 6.03. The van der Waals surface area contributed by atoms with Crippen molar-refractivity contribution < 1.29 is 4.79 Å². The van der Waals surface area contributed by atoms with E-state index in [4.69, 9.17) is 0 Å². The van der Waals surface area contributed by atoms with Crippen molar-refractivity contribution in [1.82, 2.24) is 15.0 Å². The SMILES string of the molecule is CC(=O)c1ccnc2nc(-c3cccs3)[nH]c12. The molecule has 0 saturated heterocycles. The van der Waals surface area contributed by atoms with Crippen LogP contribution in [0.4, 0.5) is 0 Å². The van der Waals surface area contributed by atoms with Crippen molar-refractivity contribution in [1.29, 1.82) is 0 Å². The number of hydrogen-bond donors (Lipinski definition) is 1. The quantitative estimate of drug-likeness (QED) is 0.704. The lowest BCUT2D eigenvalue weighted by atomic mass is 10.2. The summed E-state index contributed by atoms with van der Waals surface area (Å²) in [7, 11) is 0. The number of rotatable bonds is 2. The fraction of sp³-hybridized carbons (Fsp3) is 0.0833. The molecule has 3 rings (SSSR count). The Hall–Kier alpha value is -2.01. The van der Waals surface area contributed by atoms with Crippen molar-refractivity contribution in [2.75, 3.05) is 0 Å². The summed E-state index contributed by atoms with van der Waals surface area (Å²) in [4.78, 5) is 24.2. The van der Waals surface area contributed by atoms with Gasteiger partial charge in [0.15, 0.2) is 17.3 Å². The van der Waals surface area contributed by atoms with E-state index in [1.165, 1.54) is 0 Å². The van der Waals surface area contributed by atoms with Crippen LogP contribution in [0.15, 0.2) is 29.8 Å². The van der Waals surface area contributed by atoms with Gasteiger partial charge in [0.1, 0.15) is 0 Å². The summed E-state index contributed by atoms with van der Waals surface area (Å²) in [5, 5.41) is 1.99. The summed E-state index contributed by atoms with van der Waals surface area (Å²) in [5.41, 5.74) is 1.93. The average Bonchev–Trinajstić information content (AvgIpc) is 2.96. The van der Waals surface area contributed by atoms with Crippen LogP contribution in [0.3, 0.4) is 0 Å². The van der Waals surface area contributed by atoms with Gasteiger partial charge in [-0.1, -0.05) is 6.07 Å². The van der Waals surface area contributed by atoms with Crippen LogP contribution in [0.1, 0.15) is 17.3 Å². The number of carbonyl (C=O) groups excluding carboxylic acids is 1. The number of aromatic amines is 1. The van der Waals surface area contributed by atoms with Crippen molar-refractivity contribution in [3.05, 3.63) is 35.3 Å². The van der Waals surface area contributed by atoms with Crippen LogP contribution in [-0.4, -0.2) is 20.7 Å². The number of Topliss-reactive ketones (excluding diaryl/α,β-unsaturated/α-hetero) is 1. The number of thiophene rings is 1. The third kappa shape index (κ3) is 1.64. The highest BCUT2D eigenvalue weighted by Gasteiger charge is 2.12. The highest BCUT2D eigenvalue weighted by molar-refractivity contribution is 7.13. The topological polar surface area (TPSA) is 58.6 Å². The summed E-state index contributed by atoms with van der Waals surface area (Å²) in [5.74, 6) is 0.773. The van der Waals surface area contributed by atoms with Gasteiger partial charge in [-0.25, -0.2) is 9.97 Å². The Morgan fingerprint density at radius 3 is 3.00 bits per heavy atom. The Labute approximate surface area is 101 Å². The largest absolute Gasteiger partial charge is 0.335 e. The molecule has 0 aromatic carbocycles. The van der Waals surface area contributed by atoms with Gasteiger partial charge in [0, 0.05) is 11.8 Å². The highest BCUT2D eigenvalue weighted by Crippen LogP contribution is 2.25. The van der Waals surface area contributed by atoms with Crippen LogP contribution in [0, 0.1) is 0 Å². The third-order valence-corrected chi connectivity index (χ3v) is 3.40. The predicted octanol–water partition coefficient (Wildman–Crippen LogP) is 2.89. The van der Waals surface area contributed by atoms with Crippen molar-refractivity contribution in [3.63, 3.8) is 0 Å². The van der Waals surface area contributed by atoms with Gasteiger partial charge in [0.2, 0.25) is 0 Å². The van der Waals surface area contributed by atoms with E-state index >= 15 is 0 Å². The van der Waals surface area contributed by atoms with E-state index in [1.54, 1.807) is 30.5 Å². The van der Waals surface area contributed by atoms with E-state index in [2.05, 4.69) is 15.0 Å². The molecule has 0 aliphatic heterocycles. The molecule has 0 saturated carbocycles. The van der Waals surface area contributed by atoms with Gasteiger partial charge < -0.3 is 4.98 Å². The van der Waals surface area contributed by atoms with E-state index in [1.807, 2.05) is 17.5 Å². The molecular formula is C12H9N3OS. The maximum absolute atomic E-state index is 11.5. The zero-order valence-electron chi connectivity index (χ0n) is 9.10. The number of carbonyl (C=O) groups is 1. The second-order valence-electron chi connectivity index (χ2n) is 3.68. The molecule has 0 radical (unpaired) electrons. The molecule has 0 aliphatic rings. The van der Waals surface area contributed by atoms with E-state index in [-0.39, 0.29) is 5.78 Å². The van der Waals surface area contributed by atoms with Crippen LogP contribution in [0.25, 0.3) is 21.9 Å². The van der Waals surface area contributed by atoms with E-state index in [9.17, 15) is 4.79 Å². The Morgan fingerprint density at radius 1 is 1.41 bits per heavy atom. The molecule has 84 valence electrons. The molecule has 4 nitrogen and oxygen atoms in total. The lowest BCUT2D eigenvalue weighted by Gasteiger charge is -1.94. The summed E-state index contributed by atoms with van der Waals surface area (Å²) < 4.78 is 0. The minimum atomic E-state index is 0.0128. The maximum atomic E-state index is 11.5. The molecule has 3 aromatic rings. The van der Waals surface area contributed by atoms with Crippen molar-refractivity contribution in [2.24, 2.45) is 0 Å². The molecule has 3 aromatic heterocycles. The van der Waals surface area contributed by atoms with Crippen LogP contribution in [-0.2, 0) is 0 Å². The van der Waals surface area contributed by atoms with E-state index in [0.717, 1.165) is 10.7 Å². The number of nitrogens with zero attached hydrogens (tertiary/aromatic N) is 2. The fourth-order valence-electron chi connectivity index (χ4n) is 1.73. The average molecular weight is 243 g/mol. The van der Waals surface area contributed by atoms with Gasteiger partial charge in [-0.3, -0.25) is 4.79 Å². The molecule has 0 spiro atoms. The fourth-order valence-corrected chi connectivity index (χ4v) is 2.40. The van der Waals surface area contributed by atoms with Crippen LogP contribution in [0.2, 0.25) is 0 Å². The number of ketones is 1. The zero-order chi connectivity index (χ0) is 11.8. The van der Waals surface area contributed by atoms with Gasteiger partial charge in [0.25, 0.3) is 0 Å². The summed E-state index contributed by atoms with van der Waals surface area (Å²) in [6, 6.07) is 5.66. The van der Waals surface area contributed by atoms with Crippen molar-refractivity contribution in [2.45, 2.75) is 6.92 Å². The molecule has 17 heavy (non-hydrogen) atoms. The Bertz CT molecular complexity index is 685. The van der Waals surface area contributed by atoms with Crippen LogP contribution >= 0.6 is 11.3 Å². The highest BCUT2D eigenvalue weighted by atomic mass is 32.1. The van der Waals surface area contributed by atoms with Gasteiger partial charge in [-0.15, -0.1) is 11.3 Å². The van der Waals surface area contributed by atoms with Gasteiger partial charge >= 0.3 is 0 Å². The van der Waals surface area contributed by atoms with Crippen molar-refractivity contribution >= 4 is 28.3 Å². The molecule has 0 bridgehead atoms. The monoisotopic (exact) mass is 243 g/mol. The minimum Gasteiger partial charge on any atom is -0.335 e. The molecule has 0 unspecified atom stereocenters. The molecule has 5 heteroatoms. The third-order valence-electron chi connectivity index (χ3n) is 2.53. The Kier molecular flexibility index (Phi) is 2.26. The lowest BCUT2D eigenvalue weighted by molar-refractivity contribution is 0.101.